The fraction of sp³-hybridized carbons (Fsp3) is 0.259. The maximum Gasteiger partial charge on any atom is 0.296 e. The van der Waals surface area contributed by atoms with E-state index in [4.69, 9.17) is 18.6 Å². The number of furan rings is 1. The van der Waals surface area contributed by atoms with Gasteiger partial charge in [0.2, 0.25) is 0 Å². The van der Waals surface area contributed by atoms with Gasteiger partial charge in [0.25, 0.3) is 11.7 Å². The van der Waals surface area contributed by atoms with Gasteiger partial charge in [-0.25, -0.2) is 0 Å². The number of aliphatic hydroxyl groups excluding tert-OH is 1. The minimum absolute atomic E-state index is 0.0167. The van der Waals surface area contributed by atoms with Gasteiger partial charge < -0.3 is 28.6 Å². The SMILES string of the molecule is COc1ccc(C2C(=C(O)c3ccc4c(c3)CC(C)O4)C(=O)C(=O)N2Cc2ccco2)c(OC)c1. The Labute approximate surface area is 202 Å². The van der Waals surface area contributed by atoms with Crippen molar-refractivity contribution in [2.45, 2.75) is 32.0 Å². The van der Waals surface area contributed by atoms with E-state index in [-0.39, 0.29) is 24.0 Å². The first-order valence-corrected chi connectivity index (χ1v) is 11.2. The van der Waals surface area contributed by atoms with Crippen molar-refractivity contribution >= 4 is 17.4 Å². The number of nitrogens with zero attached hydrogens (tertiary/aromatic N) is 1. The Morgan fingerprint density at radius 2 is 1.94 bits per heavy atom. The summed E-state index contributed by atoms with van der Waals surface area (Å²) >= 11 is 0. The highest BCUT2D eigenvalue weighted by molar-refractivity contribution is 6.46. The van der Waals surface area contributed by atoms with Crippen LogP contribution in [0, 0.1) is 0 Å². The number of carbonyl (C=O) groups is 2. The smallest absolute Gasteiger partial charge is 0.296 e. The van der Waals surface area contributed by atoms with E-state index in [1.54, 1.807) is 48.5 Å². The predicted octanol–water partition coefficient (Wildman–Crippen LogP) is 4.24. The molecule has 0 spiro atoms. The topological polar surface area (TPSA) is 98.4 Å². The lowest BCUT2D eigenvalue weighted by atomic mass is 9.93. The Balaban J connectivity index is 1.67. The van der Waals surface area contributed by atoms with E-state index in [0.29, 0.717) is 34.8 Å². The second kappa shape index (κ2) is 8.87. The van der Waals surface area contributed by atoms with Crippen molar-refractivity contribution in [1.29, 1.82) is 0 Å². The number of ketones is 1. The number of ether oxygens (including phenoxy) is 3. The van der Waals surface area contributed by atoms with E-state index in [0.717, 1.165) is 11.3 Å². The molecule has 35 heavy (non-hydrogen) atoms. The van der Waals surface area contributed by atoms with Crippen LogP contribution in [0.2, 0.25) is 0 Å². The van der Waals surface area contributed by atoms with Crippen molar-refractivity contribution in [1.82, 2.24) is 4.90 Å². The van der Waals surface area contributed by atoms with E-state index < -0.39 is 17.7 Å². The number of hydrogen-bond donors (Lipinski definition) is 1. The number of aliphatic hydroxyl groups is 1. The quantitative estimate of drug-likeness (QED) is 0.323. The van der Waals surface area contributed by atoms with Crippen LogP contribution in [0.4, 0.5) is 0 Å². The van der Waals surface area contributed by atoms with Crippen molar-refractivity contribution in [3.8, 4) is 17.2 Å². The first kappa shape index (κ1) is 22.6. The van der Waals surface area contributed by atoms with Gasteiger partial charge in [-0.15, -0.1) is 0 Å². The summed E-state index contributed by atoms with van der Waals surface area (Å²) in [5, 5.41) is 11.4. The highest BCUT2D eigenvalue weighted by Gasteiger charge is 2.47. The van der Waals surface area contributed by atoms with Gasteiger partial charge >= 0.3 is 0 Å². The summed E-state index contributed by atoms with van der Waals surface area (Å²) in [5.74, 6) is 0.472. The molecule has 0 aliphatic carbocycles. The summed E-state index contributed by atoms with van der Waals surface area (Å²) in [7, 11) is 3.04. The molecule has 3 heterocycles. The van der Waals surface area contributed by atoms with Gasteiger partial charge in [0.05, 0.1) is 38.6 Å². The maximum absolute atomic E-state index is 13.3. The molecular weight excluding hydrogens is 450 g/mol. The fourth-order valence-corrected chi connectivity index (χ4v) is 4.71. The summed E-state index contributed by atoms with van der Waals surface area (Å²) < 4.78 is 22.1. The molecule has 8 heteroatoms. The third kappa shape index (κ3) is 3.90. The van der Waals surface area contributed by atoms with Crippen molar-refractivity contribution in [3.63, 3.8) is 0 Å². The van der Waals surface area contributed by atoms with E-state index in [1.165, 1.54) is 25.4 Å². The van der Waals surface area contributed by atoms with Crippen molar-refractivity contribution < 1.29 is 33.3 Å². The average Bonchev–Trinajstić information content (AvgIpc) is 3.57. The molecule has 0 saturated carbocycles. The monoisotopic (exact) mass is 475 g/mol. The van der Waals surface area contributed by atoms with Crippen LogP contribution in [-0.2, 0) is 22.6 Å². The Bertz CT molecular complexity index is 1330. The molecule has 2 unspecified atom stereocenters. The number of amides is 1. The molecule has 1 fully saturated rings. The van der Waals surface area contributed by atoms with Gasteiger partial charge in [-0.3, -0.25) is 9.59 Å². The lowest BCUT2D eigenvalue weighted by molar-refractivity contribution is -0.140. The number of hydrogen-bond acceptors (Lipinski definition) is 7. The highest BCUT2D eigenvalue weighted by atomic mass is 16.5. The van der Waals surface area contributed by atoms with Crippen LogP contribution >= 0.6 is 0 Å². The summed E-state index contributed by atoms with van der Waals surface area (Å²) in [6.45, 7) is 2.01. The van der Waals surface area contributed by atoms with Crippen LogP contribution in [0.1, 0.15) is 35.4 Å². The molecule has 1 amide bonds. The van der Waals surface area contributed by atoms with Crippen LogP contribution < -0.4 is 14.2 Å². The van der Waals surface area contributed by atoms with Crippen LogP contribution in [-0.4, -0.2) is 42.0 Å². The van der Waals surface area contributed by atoms with Gasteiger partial charge in [0.15, 0.2) is 0 Å². The molecule has 0 bridgehead atoms. The lowest BCUT2D eigenvalue weighted by Gasteiger charge is -2.26. The molecule has 5 rings (SSSR count). The Kier molecular flexibility index (Phi) is 5.72. The fourth-order valence-electron chi connectivity index (χ4n) is 4.71. The van der Waals surface area contributed by atoms with Gasteiger partial charge in [0.1, 0.15) is 34.9 Å². The molecule has 1 saturated heterocycles. The van der Waals surface area contributed by atoms with Crippen LogP contribution in [0.5, 0.6) is 17.2 Å². The first-order valence-electron chi connectivity index (χ1n) is 11.2. The number of rotatable bonds is 6. The van der Waals surface area contributed by atoms with Crippen LogP contribution in [0.3, 0.4) is 0 Å². The van der Waals surface area contributed by atoms with Crippen LogP contribution in [0.25, 0.3) is 5.76 Å². The Morgan fingerprint density at radius 3 is 2.66 bits per heavy atom. The zero-order chi connectivity index (χ0) is 24.7. The number of likely N-dealkylation sites (tertiary alicyclic amines) is 1. The van der Waals surface area contributed by atoms with Gasteiger partial charge in [0, 0.05) is 23.6 Å². The first-order chi connectivity index (χ1) is 16.9. The molecule has 1 N–H and O–H groups in total. The number of methoxy groups -OCH3 is 2. The summed E-state index contributed by atoms with van der Waals surface area (Å²) in [6.07, 6.45) is 2.23. The van der Waals surface area contributed by atoms with E-state index in [9.17, 15) is 14.7 Å². The minimum Gasteiger partial charge on any atom is -0.507 e. The average molecular weight is 475 g/mol. The third-order valence-electron chi connectivity index (χ3n) is 6.35. The van der Waals surface area contributed by atoms with Gasteiger partial charge in [-0.1, -0.05) is 0 Å². The lowest BCUT2D eigenvalue weighted by Crippen LogP contribution is -2.29. The zero-order valence-electron chi connectivity index (χ0n) is 19.6. The maximum atomic E-state index is 13.3. The molecule has 2 atom stereocenters. The minimum atomic E-state index is -0.899. The molecule has 0 radical (unpaired) electrons. The van der Waals surface area contributed by atoms with Crippen molar-refractivity contribution in [3.05, 3.63) is 82.8 Å². The highest BCUT2D eigenvalue weighted by Crippen LogP contribution is 2.45. The summed E-state index contributed by atoms with van der Waals surface area (Å²) in [4.78, 5) is 27.9. The van der Waals surface area contributed by atoms with Crippen LogP contribution in [0.15, 0.2) is 64.8 Å². The Hall–Kier alpha value is -4.20. The van der Waals surface area contributed by atoms with Gasteiger partial charge in [-0.05, 0) is 55.0 Å². The van der Waals surface area contributed by atoms with Gasteiger partial charge in [-0.2, -0.15) is 0 Å². The molecule has 8 nitrogen and oxygen atoms in total. The van der Waals surface area contributed by atoms with E-state index in [1.807, 2.05) is 6.92 Å². The van der Waals surface area contributed by atoms with E-state index in [2.05, 4.69) is 0 Å². The summed E-state index contributed by atoms with van der Waals surface area (Å²) in [6, 6.07) is 12.9. The van der Waals surface area contributed by atoms with Crippen molar-refractivity contribution in [2.75, 3.05) is 14.2 Å². The third-order valence-corrected chi connectivity index (χ3v) is 6.35. The molecule has 2 aromatic carbocycles. The second-order valence-corrected chi connectivity index (χ2v) is 8.57. The largest absolute Gasteiger partial charge is 0.507 e. The molecule has 180 valence electrons. The van der Waals surface area contributed by atoms with E-state index >= 15 is 0 Å². The number of benzene rings is 2. The normalized spacial score (nSPS) is 20.6. The molecular formula is C27H25NO7. The molecule has 1 aromatic heterocycles. The Morgan fingerprint density at radius 1 is 1.11 bits per heavy atom. The number of fused-ring (bicyclic) bond motifs is 1. The molecule has 3 aromatic rings. The predicted molar refractivity (Wildman–Crippen MR) is 126 cm³/mol. The number of Topliss-reactive ketones (excluding diaryl/α,β-unsaturated/α-hetero) is 1. The molecule has 2 aliphatic rings. The number of carbonyl (C=O) groups excluding carboxylic acids is 2. The summed E-state index contributed by atoms with van der Waals surface area (Å²) in [5.41, 5.74) is 1.90. The zero-order valence-corrected chi connectivity index (χ0v) is 19.6. The molecule has 2 aliphatic heterocycles. The second-order valence-electron chi connectivity index (χ2n) is 8.57. The standard InChI is InChI=1S/C27H25NO7/c1-15-11-17-12-16(6-9-21(17)35-15)25(29)23-24(20-8-7-18(32-2)13-22(20)33-3)28(27(31)26(23)30)14-19-5-4-10-34-19/h4-10,12-13,15,24,29H,11,14H2,1-3H3. The van der Waals surface area contributed by atoms with Crippen molar-refractivity contribution in [2.24, 2.45) is 0 Å².